The fourth-order valence-electron chi connectivity index (χ4n) is 0.278. The largest absolute Gasteiger partial charge is 0.119 e. The summed E-state index contributed by atoms with van der Waals surface area (Å²) in [5, 5.41) is 0.0506. The second-order valence-electron chi connectivity index (χ2n) is 1.49. The van der Waals surface area contributed by atoms with Crippen LogP contribution in [0.3, 0.4) is 0 Å². The molecule has 0 aromatic heterocycles. The summed E-state index contributed by atoms with van der Waals surface area (Å²) in [6.45, 7) is 1.88. The second-order valence-corrected chi connectivity index (χ2v) is 2.45. The molecule has 0 aromatic carbocycles. The summed E-state index contributed by atoms with van der Waals surface area (Å²) in [6, 6.07) is 0. The van der Waals surface area contributed by atoms with E-state index in [1.807, 2.05) is 6.92 Å². The molecular formula is C7H8Cl2. The van der Waals surface area contributed by atoms with E-state index in [9.17, 15) is 0 Å². The first-order valence-electron chi connectivity index (χ1n) is 2.62. The highest BCUT2D eigenvalue weighted by Crippen LogP contribution is 1.92. The molecule has 1 atom stereocenters. The van der Waals surface area contributed by atoms with Gasteiger partial charge >= 0.3 is 0 Å². The van der Waals surface area contributed by atoms with Crippen LogP contribution in [0.15, 0.2) is 12.2 Å². The summed E-state index contributed by atoms with van der Waals surface area (Å²) in [6.07, 6.45) is 3.52. The average Bonchev–Trinajstić information content (AvgIpc) is 1.80. The van der Waals surface area contributed by atoms with Gasteiger partial charge in [0.25, 0.3) is 0 Å². The number of allylic oxidation sites excluding steroid dienone is 2. The minimum Gasteiger partial charge on any atom is -0.119 e. The van der Waals surface area contributed by atoms with Gasteiger partial charge in [-0.1, -0.05) is 17.9 Å². The van der Waals surface area contributed by atoms with Crippen molar-refractivity contribution < 1.29 is 0 Å². The topological polar surface area (TPSA) is 0 Å². The van der Waals surface area contributed by atoms with Crippen molar-refractivity contribution in [3.05, 3.63) is 12.2 Å². The number of halogens is 2. The highest BCUT2D eigenvalue weighted by Gasteiger charge is 1.81. The van der Waals surface area contributed by atoms with E-state index in [0.29, 0.717) is 5.88 Å². The van der Waals surface area contributed by atoms with E-state index in [0.717, 1.165) is 0 Å². The lowest BCUT2D eigenvalue weighted by atomic mass is 10.4. The van der Waals surface area contributed by atoms with Crippen LogP contribution < -0.4 is 0 Å². The predicted molar refractivity (Wildman–Crippen MR) is 43.0 cm³/mol. The zero-order chi connectivity index (χ0) is 7.11. The standard InChI is InChI=1S/C7H8Cl2/c1-7(9)5-3-2-4-6-8/h3,5,7H,6H2,1H3/b5-3+. The predicted octanol–water partition coefficient (Wildman–Crippen LogP) is 2.41. The molecule has 0 spiro atoms. The van der Waals surface area contributed by atoms with Crippen LogP contribution in [0, 0.1) is 11.8 Å². The van der Waals surface area contributed by atoms with E-state index in [-0.39, 0.29) is 5.38 Å². The molecule has 0 aromatic rings. The Bertz CT molecular complexity index is 137. The zero-order valence-electron chi connectivity index (χ0n) is 5.20. The first kappa shape index (κ1) is 8.88. The first-order valence-corrected chi connectivity index (χ1v) is 3.59. The van der Waals surface area contributed by atoms with Crippen LogP contribution >= 0.6 is 23.2 Å². The lowest BCUT2D eigenvalue weighted by molar-refractivity contribution is 1.23. The molecule has 0 heterocycles. The van der Waals surface area contributed by atoms with E-state index >= 15 is 0 Å². The molecule has 2 heteroatoms. The van der Waals surface area contributed by atoms with Crippen LogP contribution in [0.1, 0.15) is 6.92 Å². The number of rotatable bonds is 1. The molecule has 0 fully saturated rings. The van der Waals surface area contributed by atoms with Crippen molar-refractivity contribution in [3.63, 3.8) is 0 Å². The molecule has 0 aliphatic carbocycles. The minimum atomic E-state index is 0.0506. The molecule has 0 bridgehead atoms. The third kappa shape index (κ3) is 7.88. The van der Waals surface area contributed by atoms with Gasteiger partial charge in [-0.2, -0.15) is 0 Å². The van der Waals surface area contributed by atoms with E-state index in [1.54, 1.807) is 12.2 Å². The Hall–Kier alpha value is -0.120. The molecule has 0 aliphatic heterocycles. The Labute approximate surface area is 65.8 Å². The molecule has 0 saturated heterocycles. The van der Waals surface area contributed by atoms with Gasteiger partial charge in [0.15, 0.2) is 0 Å². The summed E-state index contributed by atoms with van der Waals surface area (Å²) in [5.74, 6) is 5.77. The maximum atomic E-state index is 5.57. The fraction of sp³-hybridized carbons (Fsp3) is 0.429. The first-order chi connectivity index (χ1) is 4.27. The fourth-order valence-corrected chi connectivity index (χ4v) is 0.428. The number of alkyl halides is 2. The molecule has 9 heavy (non-hydrogen) atoms. The Balaban J connectivity index is 3.47. The van der Waals surface area contributed by atoms with Crippen LogP contribution in [-0.4, -0.2) is 11.3 Å². The molecule has 0 N–H and O–H groups in total. The van der Waals surface area contributed by atoms with Gasteiger partial charge in [-0.25, -0.2) is 0 Å². The smallest absolute Gasteiger partial charge is 0.0838 e. The molecule has 0 aliphatic rings. The van der Waals surface area contributed by atoms with E-state index in [2.05, 4.69) is 11.8 Å². The third-order valence-electron chi connectivity index (χ3n) is 0.614. The van der Waals surface area contributed by atoms with E-state index in [4.69, 9.17) is 23.2 Å². The van der Waals surface area contributed by atoms with Crippen LogP contribution in [0.5, 0.6) is 0 Å². The van der Waals surface area contributed by atoms with Crippen LogP contribution in [0.25, 0.3) is 0 Å². The lowest BCUT2D eigenvalue weighted by Crippen LogP contribution is -1.78. The Morgan fingerprint density at radius 3 is 2.78 bits per heavy atom. The molecule has 0 saturated carbocycles. The zero-order valence-corrected chi connectivity index (χ0v) is 6.71. The van der Waals surface area contributed by atoms with Crippen molar-refractivity contribution in [3.8, 4) is 11.8 Å². The van der Waals surface area contributed by atoms with Gasteiger partial charge in [-0.15, -0.1) is 23.2 Å². The van der Waals surface area contributed by atoms with Crippen molar-refractivity contribution >= 4 is 23.2 Å². The van der Waals surface area contributed by atoms with Crippen molar-refractivity contribution in [2.75, 3.05) is 5.88 Å². The van der Waals surface area contributed by atoms with Gasteiger partial charge in [-0.3, -0.25) is 0 Å². The summed E-state index contributed by atoms with van der Waals surface area (Å²) in [5.41, 5.74) is 0. The monoisotopic (exact) mass is 162 g/mol. The summed E-state index contributed by atoms with van der Waals surface area (Å²) < 4.78 is 0. The molecule has 0 rings (SSSR count). The van der Waals surface area contributed by atoms with E-state index in [1.165, 1.54) is 0 Å². The molecule has 0 amide bonds. The summed E-state index contributed by atoms with van der Waals surface area (Å²) >= 11 is 10.8. The van der Waals surface area contributed by atoms with Crippen molar-refractivity contribution in [1.29, 1.82) is 0 Å². The van der Waals surface area contributed by atoms with Gasteiger partial charge in [0, 0.05) is 5.38 Å². The normalized spacial score (nSPS) is 12.8. The van der Waals surface area contributed by atoms with Crippen LogP contribution in [-0.2, 0) is 0 Å². The van der Waals surface area contributed by atoms with Crippen LogP contribution in [0.4, 0.5) is 0 Å². The van der Waals surface area contributed by atoms with Crippen molar-refractivity contribution in [2.45, 2.75) is 12.3 Å². The molecule has 50 valence electrons. The van der Waals surface area contributed by atoms with Gasteiger partial charge in [0.2, 0.25) is 0 Å². The summed E-state index contributed by atoms with van der Waals surface area (Å²) in [4.78, 5) is 0. The maximum Gasteiger partial charge on any atom is 0.0838 e. The van der Waals surface area contributed by atoms with E-state index < -0.39 is 0 Å². The Morgan fingerprint density at radius 2 is 2.33 bits per heavy atom. The van der Waals surface area contributed by atoms with Gasteiger partial charge in [0.1, 0.15) is 0 Å². The van der Waals surface area contributed by atoms with Crippen LogP contribution in [0.2, 0.25) is 0 Å². The average molecular weight is 163 g/mol. The Kier molecular flexibility index (Phi) is 5.93. The second kappa shape index (κ2) is 6.01. The summed E-state index contributed by atoms with van der Waals surface area (Å²) in [7, 11) is 0. The highest BCUT2D eigenvalue weighted by molar-refractivity contribution is 6.21. The highest BCUT2D eigenvalue weighted by atomic mass is 35.5. The minimum absolute atomic E-state index is 0.0506. The van der Waals surface area contributed by atoms with Gasteiger partial charge in [-0.05, 0) is 13.0 Å². The molecular weight excluding hydrogens is 155 g/mol. The van der Waals surface area contributed by atoms with Crippen molar-refractivity contribution in [1.82, 2.24) is 0 Å². The molecule has 0 radical (unpaired) electrons. The van der Waals surface area contributed by atoms with Gasteiger partial charge < -0.3 is 0 Å². The number of hydrogen-bond donors (Lipinski definition) is 0. The SMILES string of the molecule is CC(Cl)/C=C/C#CCCl. The maximum absolute atomic E-state index is 5.57. The lowest BCUT2D eigenvalue weighted by Gasteiger charge is -1.84. The van der Waals surface area contributed by atoms with Gasteiger partial charge in [0.05, 0.1) is 5.88 Å². The van der Waals surface area contributed by atoms with Crippen molar-refractivity contribution in [2.24, 2.45) is 0 Å². The quantitative estimate of drug-likeness (QED) is 0.411. The molecule has 1 unspecified atom stereocenters. The number of hydrogen-bond acceptors (Lipinski definition) is 0. The Morgan fingerprint density at radius 1 is 1.67 bits per heavy atom. The molecule has 0 nitrogen and oxygen atoms in total. The third-order valence-corrected chi connectivity index (χ3v) is 0.893.